The number of aliphatic hydroxyl groups excluding tert-OH is 1. The Morgan fingerprint density at radius 3 is 1.70 bits per heavy atom. The number of fused-ring (bicyclic) bond motifs is 2. The van der Waals surface area contributed by atoms with Gasteiger partial charge < -0.3 is 14.9 Å². The Morgan fingerprint density at radius 1 is 0.612 bits per heavy atom. The van der Waals surface area contributed by atoms with Crippen molar-refractivity contribution in [3.05, 3.63) is 118 Å². The van der Waals surface area contributed by atoms with Gasteiger partial charge in [-0.05, 0) is 108 Å². The maximum atomic E-state index is 16.9. The second-order valence-corrected chi connectivity index (χ2v) is 19.2. The molecule has 6 aromatic rings. The van der Waals surface area contributed by atoms with E-state index in [1.165, 1.54) is 4.90 Å². The second-order valence-electron chi connectivity index (χ2n) is 19.2. The van der Waals surface area contributed by atoms with Crippen LogP contribution in [0.25, 0.3) is 11.3 Å². The van der Waals surface area contributed by atoms with E-state index in [9.17, 15) is 18.3 Å². The highest BCUT2D eigenvalue weighted by Crippen LogP contribution is 2.44. The number of halogens is 4. The van der Waals surface area contributed by atoms with Crippen molar-refractivity contribution in [3.63, 3.8) is 0 Å². The first kappa shape index (κ1) is 45.6. The predicted molar refractivity (Wildman–Crippen MR) is 251 cm³/mol. The molecule has 4 aliphatic rings. The number of alkyl halides is 3. The molecule has 0 saturated carbocycles. The summed E-state index contributed by atoms with van der Waals surface area (Å²) in [5, 5.41) is 11.2. The first-order valence-corrected chi connectivity index (χ1v) is 24.0. The Hall–Kier alpha value is -5.20. The van der Waals surface area contributed by atoms with Crippen LogP contribution in [0.4, 0.5) is 29.2 Å². The van der Waals surface area contributed by atoms with Gasteiger partial charge in [-0.25, -0.2) is 9.97 Å². The number of likely N-dealkylation sites (tertiary alicyclic amines) is 2. The van der Waals surface area contributed by atoms with Crippen molar-refractivity contribution in [1.82, 2.24) is 48.3 Å². The number of aryl methyl sites for hydroxylation is 2. The van der Waals surface area contributed by atoms with Gasteiger partial charge in [-0.3, -0.25) is 38.4 Å². The molecule has 0 aromatic carbocycles. The van der Waals surface area contributed by atoms with Crippen LogP contribution in [0.5, 0.6) is 0 Å². The van der Waals surface area contributed by atoms with E-state index < -0.39 is 12.7 Å². The fourth-order valence-electron chi connectivity index (χ4n) is 11.6. The highest BCUT2D eigenvalue weighted by Gasteiger charge is 2.38. The van der Waals surface area contributed by atoms with E-state index in [4.69, 9.17) is 19.9 Å². The fraction of sp³-hybridized carbons (Fsp3) is 0.520. The number of piperazine rings is 2. The maximum absolute atomic E-state index is 16.9. The third-order valence-corrected chi connectivity index (χ3v) is 15.1. The molecule has 67 heavy (non-hydrogen) atoms. The molecule has 0 amide bonds. The second kappa shape index (κ2) is 18.7. The van der Waals surface area contributed by atoms with Crippen molar-refractivity contribution in [2.24, 2.45) is 0 Å². The summed E-state index contributed by atoms with van der Waals surface area (Å²) in [6.45, 7) is 7.82. The summed E-state index contributed by atoms with van der Waals surface area (Å²) in [6.07, 6.45) is 4.98. The van der Waals surface area contributed by atoms with E-state index >= 15 is 4.39 Å². The summed E-state index contributed by atoms with van der Waals surface area (Å²) in [5.74, 6) is 1.30. The summed E-state index contributed by atoms with van der Waals surface area (Å²) >= 11 is 0. The number of aromatic nitrogens is 6. The average molecular weight is 923 g/mol. The molecule has 6 aromatic heterocycles. The zero-order chi connectivity index (χ0) is 46.6. The van der Waals surface area contributed by atoms with Crippen LogP contribution in [-0.2, 0) is 13.2 Å². The predicted octanol–water partition coefficient (Wildman–Crippen LogP) is 7.82. The van der Waals surface area contributed by atoms with Gasteiger partial charge in [0, 0.05) is 76.9 Å². The number of rotatable bonds is 10. The standard InChI is InChI=1S/C50H62F4N12O/c1-33-10-8-20-55-44(33)36-12-5-14-38(59(36)3)46-40(31-67)65-43(64-28-24-62(25-29-64)32-50(52,53)54)19-18-35(49(65)58-46)30-61-22-26-63(27-23-61)42-17-7-16-41-57-47(48(51)66(41)42)39-15-6-13-37(60(39)4)45-34(2)11-9-21-56-45/h7-11,16-21,36-39,67H,5-6,12-15,22-32H2,1-4H3/t36-,37-,38+,39+/m0/s1. The van der Waals surface area contributed by atoms with E-state index in [0.29, 0.717) is 49.8 Å². The zero-order valence-electron chi connectivity index (χ0n) is 39.0. The van der Waals surface area contributed by atoms with Crippen molar-refractivity contribution >= 4 is 22.9 Å². The molecule has 13 nitrogen and oxygen atoms in total. The van der Waals surface area contributed by atoms with E-state index in [2.05, 4.69) is 81.1 Å². The molecule has 0 unspecified atom stereocenters. The van der Waals surface area contributed by atoms with Crippen molar-refractivity contribution in [2.75, 3.05) is 82.8 Å². The summed E-state index contributed by atoms with van der Waals surface area (Å²) in [6, 6.07) is 18.0. The summed E-state index contributed by atoms with van der Waals surface area (Å²) in [5.41, 5.74) is 8.75. The Balaban J connectivity index is 0.915. The first-order chi connectivity index (χ1) is 32.4. The fourth-order valence-corrected chi connectivity index (χ4v) is 11.6. The number of hydrogen-bond donors (Lipinski definition) is 1. The number of nitrogens with zero attached hydrogens (tertiary/aromatic N) is 12. The summed E-state index contributed by atoms with van der Waals surface area (Å²) in [7, 11) is 4.19. The molecule has 4 fully saturated rings. The van der Waals surface area contributed by atoms with E-state index in [1.54, 1.807) is 4.40 Å². The van der Waals surface area contributed by atoms with Gasteiger partial charge in [0.15, 0.2) is 0 Å². The molecule has 0 aliphatic carbocycles. The van der Waals surface area contributed by atoms with Gasteiger partial charge in [0.1, 0.15) is 28.6 Å². The van der Waals surface area contributed by atoms with Gasteiger partial charge in [0.25, 0.3) is 0 Å². The van der Waals surface area contributed by atoms with Crippen LogP contribution in [0.2, 0.25) is 0 Å². The van der Waals surface area contributed by atoms with Crippen molar-refractivity contribution < 1.29 is 22.7 Å². The van der Waals surface area contributed by atoms with Crippen LogP contribution in [0.15, 0.2) is 67.0 Å². The summed E-state index contributed by atoms with van der Waals surface area (Å²) < 4.78 is 60.7. The molecular formula is C50H62F4N12O. The molecule has 4 aliphatic heterocycles. The van der Waals surface area contributed by atoms with Crippen LogP contribution in [0, 0.1) is 19.8 Å². The number of piperidine rings is 2. The van der Waals surface area contributed by atoms with Crippen LogP contribution in [0.3, 0.4) is 0 Å². The van der Waals surface area contributed by atoms with Crippen molar-refractivity contribution in [1.29, 1.82) is 0 Å². The molecule has 0 spiro atoms. The Morgan fingerprint density at radius 2 is 1.15 bits per heavy atom. The van der Waals surface area contributed by atoms with Gasteiger partial charge in [0.05, 0.1) is 60.1 Å². The third kappa shape index (κ3) is 8.77. The molecule has 4 saturated heterocycles. The van der Waals surface area contributed by atoms with E-state index in [-0.39, 0.29) is 49.8 Å². The molecule has 4 atom stereocenters. The maximum Gasteiger partial charge on any atom is 0.401 e. The molecule has 10 rings (SSSR count). The van der Waals surface area contributed by atoms with Crippen LogP contribution in [-0.4, -0.2) is 133 Å². The van der Waals surface area contributed by atoms with Gasteiger partial charge in [-0.1, -0.05) is 24.3 Å². The van der Waals surface area contributed by atoms with E-state index in [1.807, 2.05) is 42.7 Å². The molecule has 17 heteroatoms. The molecule has 1 N–H and O–H groups in total. The lowest BCUT2D eigenvalue weighted by atomic mass is 9.90. The van der Waals surface area contributed by atoms with Crippen molar-refractivity contribution in [2.45, 2.75) is 95.9 Å². The Labute approximate surface area is 389 Å². The normalized spacial score (nSPS) is 23.2. The highest BCUT2D eigenvalue weighted by atomic mass is 19.4. The topological polar surface area (TPSA) is 100 Å². The summed E-state index contributed by atoms with van der Waals surface area (Å²) in [4.78, 5) is 32.7. The minimum absolute atomic E-state index is 0.0770. The van der Waals surface area contributed by atoms with Crippen LogP contribution in [0.1, 0.15) is 108 Å². The van der Waals surface area contributed by atoms with Gasteiger partial charge >= 0.3 is 6.18 Å². The smallest absolute Gasteiger partial charge is 0.390 e. The van der Waals surface area contributed by atoms with Crippen LogP contribution >= 0.6 is 0 Å². The number of anilines is 2. The van der Waals surface area contributed by atoms with Gasteiger partial charge in [-0.15, -0.1) is 0 Å². The van der Waals surface area contributed by atoms with Crippen LogP contribution < -0.4 is 9.80 Å². The SMILES string of the molecule is Cc1cccnc1[C@@H]1CCC[C@H](c2nc3cccc(N4CCN(Cc5ccc(N6CCN(CC(F)(F)F)CC6)n6c(CO)c([C@H]7CCC[C@@H](c8ncccc8C)N7C)nc56)CC4)n3c2F)N1C. The molecule has 10 heterocycles. The number of pyridine rings is 4. The molecular weight excluding hydrogens is 861 g/mol. The third-order valence-electron chi connectivity index (χ3n) is 15.1. The van der Waals surface area contributed by atoms with Gasteiger partial charge in [0.2, 0.25) is 5.95 Å². The Bertz CT molecular complexity index is 2710. The first-order valence-electron chi connectivity index (χ1n) is 24.0. The Kier molecular flexibility index (Phi) is 12.7. The number of aliphatic hydroxyl groups is 1. The lowest BCUT2D eigenvalue weighted by molar-refractivity contribution is -0.146. The highest BCUT2D eigenvalue weighted by molar-refractivity contribution is 5.61. The lowest BCUT2D eigenvalue weighted by Crippen LogP contribution is -2.49. The molecule has 0 radical (unpaired) electrons. The van der Waals surface area contributed by atoms with Crippen molar-refractivity contribution in [3.8, 4) is 0 Å². The number of hydrogen-bond acceptors (Lipinski definition) is 11. The van der Waals surface area contributed by atoms with E-state index in [0.717, 1.165) is 103 Å². The average Bonchev–Trinajstić information content (AvgIpc) is 3.88. The molecule has 356 valence electrons. The zero-order valence-corrected chi connectivity index (χ0v) is 39.0. The quantitative estimate of drug-likeness (QED) is 0.136. The largest absolute Gasteiger partial charge is 0.401 e. The van der Waals surface area contributed by atoms with Gasteiger partial charge in [-0.2, -0.15) is 17.6 Å². The monoisotopic (exact) mass is 923 g/mol. The molecule has 0 bridgehead atoms. The minimum Gasteiger partial charge on any atom is -0.390 e. The lowest BCUT2D eigenvalue weighted by Gasteiger charge is -2.39. The number of imidazole rings is 2. The minimum atomic E-state index is -4.26.